The maximum Gasteiger partial charge on any atom is 0.410 e. The minimum atomic E-state index is -1.29. The van der Waals surface area contributed by atoms with Crippen LogP contribution in [0.25, 0.3) is 0 Å². The Balaban J connectivity index is 3.07. The fourth-order valence-corrected chi connectivity index (χ4v) is 4.05. The van der Waals surface area contributed by atoms with Gasteiger partial charge in [-0.2, -0.15) is 0 Å². The summed E-state index contributed by atoms with van der Waals surface area (Å²) >= 11 is 0. The highest BCUT2D eigenvalue weighted by Gasteiger charge is 2.44. The lowest BCUT2D eigenvalue weighted by Crippen LogP contribution is -2.61. The molecule has 1 aliphatic heterocycles. The van der Waals surface area contributed by atoms with Gasteiger partial charge in [-0.1, -0.05) is 20.8 Å². The van der Waals surface area contributed by atoms with Crippen LogP contribution in [0.3, 0.4) is 0 Å². The molecular weight excluding hydrogens is 338 g/mol. The maximum atomic E-state index is 12.8. The molecule has 0 aromatic heterocycles. The van der Waals surface area contributed by atoms with Crippen molar-refractivity contribution >= 4 is 15.1 Å². The average molecular weight is 376 g/mol. The Morgan fingerprint density at radius 1 is 1.24 bits per heavy atom. The van der Waals surface area contributed by atoms with E-state index >= 15 is 0 Å². The van der Waals surface area contributed by atoms with Crippen LogP contribution in [0.4, 0.5) is 4.79 Å². The van der Waals surface area contributed by atoms with Gasteiger partial charge in [0.05, 0.1) is 25.3 Å². The van der Waals surface area contributed by atoms with Gasteiger partial charge in [-0.25, -0.2) is 4.79 Å². The fourth-order valence-electron chi connectivity index (χ4n) is 2.88. The Morgan fingerprint density at radius 2 is 1.84 bits per heavy atom. The molecule has 0 saturated carbocycles. The Morgan fingerprint density at radius 3 is 2.28 bits per heavy atom. The molecule has 25 heavy (non-hydrogen) atoms. The molecular formula is C18H37NO5Si. The van der Waals surface area contributed by atoms with Gasteiger partial charge < -0.3 is 18.6 Å². The number of rotatable bonds is 5. The van der Waals surface area contributed by atoms with Crippen molar-refractivity contribution in [1.82, 2.24) is 4.90 Å². The predicted molar refractivity (Wildman–Crippen MR) is 101 cm³/mol. The third-order valence-corrected chi connectivity index (χ3v) is 4.64. The molecule has 0 aromatic carbocycles. The van der Waals surface area contributed by atoms with E-state index in [0.717, 1.165) is 0 Å². The Hall–Kier alpha value is -0.633. The minimum absolute atomic E-state index is 0.116. The summed E-state index contributed by atoms with van der Waals surface area (Å²) in [6, 6.07) is -0.193. The molecule has 0 spiro atoms. The number of hydrogen-bond acceptors (Lipinski definition) is 5. The van der Waals surface area contributed by atoms with Crippen LogP contribution in [0, 0.1) is 5.41 Å². The molecule has 148 valence electrons. The minimum Gasteiger partial charge on any atom is -0.444 e. The summed E-state index contributed by atoms with van der Waals surface area (Å²) in [5.74, 6) is 0. The topological polar surface area (TPSA) is 57.2 Å². The van der Waals surface area contributed by atoms with Gasteiger partial charge in [-0.05, 0) is 46.2 Å². The monoisotopic (exact) mass is 375 g/mol. The average Bonchev–Trinajstić information content (AvgIpc) is 2.42. The van der Waals surface area contributed by atoms with E-state index < -0.39 is 20.9 Å². The second-order valence-corrected chi connectivity index (χ2v) is 11.3. The van der Waals surface area contributed by atoms with Gasteiger partial charge in [0.1, 0.15) is 5.60 Å². The summed E-state index contributed by atoms with van der Waals surface area (Å²) < 4.78 is 23.4. The van der Waals surface area contributed by atoms with E-state index in [0.29, 0.717) is 19.8 Å². The standard InChI is InChI=1S/C18H37NO5Si/c1-10-21-14-11-19(16(20)23-18(5,6)7)13(12-22-14)15(17(2,3)4)24-25(8)9/h13-15,25H,10-12H2,1-9H3/t13?,14-,15?/m1/s1. The first-order chi connectivity index (χ1) is 11.3. The molecule has 1 saturated heterocycles. The highest BCUT2D eigenvalue weighted by atomic mass is 28.3. The highest BCUT2D eigenvalue weighted by Crippen LogP contribution is 2.31. The van der Waals surface area contributed by atoms with Crippen LogP contribution in [0.5, 0.6) is 0 Å². The Kier molecular flexibility index (Phi) is 7.92. The van der Waals surface area contributed by atoms with E-state index in [1.165, 1.54) is 0 Å². The first-order valence-corrected chi connectivity index (χ1v) is 12.0. The molecule has 6 nitrogen and oxygen atoms in total. The molecule has 1 heterocycles. The van der Waals surface area contributed by atoms with Crippen molar-refractivity contribution in [1.29, 1.82) is 0 Å². The Bertz CT molecular complexity index is 430. The quantitative estimate of drug-likeness (QED) is 0.689. The zero-order chi connectivity index (χ0) is 19.4. The molecule has 1 rings (SSSR count). The molecule has 0 radical (unpaired) electrons. The number of amides is 1. The third kappa shape index (κ3) is 7.25. The SMILES string of the molecule is CCO[C@H]1CN(C(=O)OC(C)(C)C)C(C(O[SiH](C)C)C(C)(C)C)CO1. The lowest BCUT2D eigenvalue weighted by Gasteiger charge is -2.47. The van der Waals surface area contributed by atoms with E-state index in [4.69, 9.17) is 18.6 Å². The van der Waals surface area contributed by atoms with Crippen LogP contribution in [-0.2, 0) is 18.6 Å². The van der Waals surface area contributed by atoms with Crippen molar-refractivity contribution in [3.63, 3.8) is 0 Å². The molecule has 1 fully saturated rings. The second kappa shape index (κ2) is 8.84. The van der Waals surface area contributed by atoms with Crippen molar-refractivity contribution in [2.45, 2.75) is 85.6 Å². The Labute approximate surface area is 154 Å². The highest BCUT2D eigenvalue weighted by molar-refractivity contribution is 6.48. The molecule has 7 heteroatoms. The van der Waals surface area contributed by atoms with Crippen molar-refractivity contribution in [3.05, 3.63) is 0 Å². The molecule has 1 aliphatic rings. The van der Waals surface area contributed by atoms with Crippen LogP contribution in [0.15, 0.2) is 0 Å². The molecule has 2 unspecified atom stereocenters. The van der Waals surface area contributed by atoms with Crippen LogP contribution in [0.2, 0.25) is 13.1 Å². The largest absolute Gasteiger partial charge is 0.444 e. The van der Waals surface area contributed by atoms with Crippen molar-refractivity contribution in [3.8, 4) is 0 Å². The van der Waals surface area contributed by atoms with Gasteiger partial charge in [0, 0.05) is 6.61 Å². The van der Waals surface area contributed by atoms with Crippen molar-refractivity contribution < 1.29 is 23.4 Å². The molecule has 1 amide bonds. The zero-order valence-electron chi connectivity index (χ0n) is 17.4. The second-order valence-electron chi connectivity index (χ2n) is 8.89. The van der Waals surface area contributed by atoms with Gasteiger partial charge in [0.2, 0.25) is 0 Å². The number of ether oxygens (including phenoxy) is 3. The summed E-state index contributed by atoms with van der Waals surface area (Å²) in [6.45, 7) is 19.5. The predicted octanol–water partition coefficient (Wildman–Crippen LogP) is 3.40. The van der Waals surface area contributed by atoms with E-state index in [1.807, 2.05) is 27.7 Å². The molecule has 0 aliphatic carbocycles. The van der Waals surface area contributed by atoms with Crippen LogP contribution in [-0.4, -0.2) is 63.8 Å². The fraction of sp³-hybridized carbons (Fsp3) is 0.944. The van der Waals surface area contributed by atoms with Gasteiger partial charge in [0.25, 0.3) is 0 Å². The first-order valence-electron chi connectivity index (χ1n) is 9.23. The van der Waals surface area contributed by atoms with Crippen LogP contribution >= 0.6 is 0 Å². The van der Waals surface area contributed by atoms with Gasteiger partial charge in [-0.15, -0.1) is 0 Å². The van der Waals surface area contributed by atoms with Crippen LogP contribution in [0.1, 0.15) is 48.5 Å². The number of carbonyl (C=O) groups is 1. The van der Waals surface area contributed by atoms with E-state index in [1.54, 1.807) is 4.90 Å². The normalized spacial score (nSPS) is 23.7. The summed E-state index contributed by atoms with van der Waals surface area (Å²) in [4.78, 5) is 14.6. The van der Waals surface area contributed by atoms with Gasteiger partial charge in [0.15, 0.2) is 15.3 Å². The molecule has 3 atom stereocenters. The molecule has 0 N–H and O–H groups in total. The number of carbonyl (C=O) groups excluding carboxylic acids is 1. The summed E-state index contributed by atoms with van der Waals surface area (Å²) in [5, 5.41) is 0. The molecule has 0 aromatic rings. The lowest BCUT2D eigenvalue weighted by molar-refractivity contribution is -0.203. The summed E-state index contributed by atoms with van der Waals surface area (Å²) in [7, 11) is -1.29. The summed E-state index contributed by atoms with van der Waals surface area (Å²) in [6.07, 6.45) is -0.881. The van der Waals surface area contributed by atoms with E-state index in [2.05, 4.69) is 33.9 Å². The number of morpholine rings is 1. The van der Waals surface area contributed by atoms with Crippen molar-refractivity contribution in [2.75, 3.05) is 19.8 Å². The maximum absolute atomic E-state index is 12.8. The van der Waals surface area contributed by atoms with Gasteiger partial charge >= 0.3 is 6.09 Å². The molecule has 0 bridgehead atoms. The van der Waals surface area contributed by atoms with E-state index in [-0.39, 0.29) is 23.7 Å². The summed E-state index contributed by atoms with van der Waals surface area (Å²) in [5.41, 5.74) is -0.671. The van der Waals surface area contributed by atoms with Gasteiger partial charge in [-0.3, -0.25) is 4.90 Å². The number of nitrogens with zero attached hydrogens (tertiary/aromatic N) is 1. The third-order valence-electron chi connectivity index (χ3n) is 3.80. The lowest BCUT2D eigenvalue weighted by atomic mass is 9.84. The van der Waals surface area contributed by atoms with E-state index in [9.17, 15) is 4.79 Å². The zero-order valence-corrected chi connectivity index (χ0v) is 18.6. The smallest absolute Gasteiger partial charge is 0.410 e. The van der Waals surface area contributed by atoms with Crippen molar-refractivity contribution in [2.24, 2.45) is 5.41 Å². The first kappa shape index (κ1) is 22.4. The van der Waals surface area contributed by atoms with Crippen LogP contribution < -0.4 is 0 Å². The number of hydrogen-bond donors (Lipinski definition) is 0.